The van der Waals surface area contributed by atoms with Crippen LogP contribution in [0.25, 0.3) is 0 Å². The first-order valence-electron chi connectivity index (χ1n) is 7.28. The number of urea groups is 1. The van der Waals surface area contributed by atoms with Crippen molar-refractivity contribution < 1.29 is 9.90 Å². The zero-order valence-corrected chi connectivity index (χ0v) is 12.7. The minimum Gasteiger partial charge on any atom is -0.394 e. The molecule has 1 rings (SSSR count). The second-order valence-electron chi connectivity index (χ2n) is 5.21. The predicted octanol–water partition coefficient (Wildman–Crippen LogP) is 2.65. The van der Waals surface area contributed by atoms with E-state index in [2.05, 4.69) is 37.5 Å². The highest BCUT2D eigenvalue weighted by Gasteiger charge is 2.10. The van der Waals surface area contributed by atoms with Crippen molar-refractivity contribution in [2.24, 2.45) is 0 Å². The molecule has 3 N–H and O–H groups in total. The lowest BCUT2D eigenvalue weighted by molar-refractivity contribution is 0.211. The van der Waals surface area contributed by atoms with E-state index in [1.165, 1.54) is 11.1 Å². The summed E-state index contributed by atoms with van der Waals surface area (Å²) < 4.78 is 0. The summed E-state index contributed by atoms with van der Waals surface area (Å²) in [5, 5.41) is 14.9. The van der Waals surface area contributed by atoms with E-state index in [4.69, 9.17) is 0 Å². The third-order valence-electron chi connectivity index (χ3n) is 3.62. The number of hydrogen-bond donors (Lipinski definition) is 3. The van der Waals surface area contributed by atoms with Crippen LogP contribution in [0, 0.1) is 13.8 Å². The SMILES string of the molecule is CCCC[C@@H](CO)NC(=O)NCc1cccc(C)c1C. The predicted molar refractivity (Wildman–Crippen MR) is 81.7 cm³/mol. The molecule has 0 aliphatic carbocycles. The number of aryl methyl sites for hydroxylation is 1. The van der Waals surface area contributed by atoms with Crippen molar-refractivity contribution in [3.8, 4) is 0 Å². The van der Waals surface area contributed by atoms with Crippen LogP contribution in [-0.2, 0) is 6.54 Å². The largest absolute Gasteiger partial charge is 0.394 e. The Hall–Kier alpha value is -1.55. The Morgan fingerprint density at radius 3 is 2.75 bits per heavy atom. The van der Waals surface area contributed by atoms with E-state index in [9.17, 15) is 9.90 Å². The van der Waals surface area contributed by atoms with Gasteiger partial charge in [-0.2, -0.15) is 0 Å². The van der Waals surface area contributed by atoms with Crippen LogP contribution < -0.4 is 10.6 Å². The highest BCUT2D eigenvalue weighted by atomic mass is 16.3. The lowest BCUT2D eigenvalue weighted by atomic mass is 10.0. The first-order chi connectivity index (χ1) is 9.58. The van der Waals surface area contributed by atoms with Gasteiger partial charge in [-0.25, -0.2) is 4.79 Å². The van der Waals surface area contributed by atoms with Gasteiger partial charge in [0, 0.05) is 6.54 Å². The average Bonchev–Trinajstić information content (AvgIpc) is 2.45. The summed E-state index contributed by atoms with van der Waals surface area (Å²) in [6.45, 7) is 6.70. The molecule has 1 aromatic carbocycles. The average molecular weight is 278 g/mol. The fourth-order valence-corrected chi connectivity index (χ4v) is 2.07. The van der Waals surface area contributed by atoms with Crippen LogP contribution in [0.3, 0.4) is 0 Å². The highest BCUT2D eigenvalue weighted by molar-refractivity contribution is 5.74. The quantitative estimate of drug-likeness (QED) is 0.718. The number of aliphatic hydroxyl groups is 1. The van der Waals surface area contributed by atoms with Gasteiger partial charge >= 0.3 is 6.03 Å². The van der Waals surface area contributed by atoms with Gasteiger partial charge in [-0.15, -0.1) is 0 Å². The van der Waals surface area contributed by atoms with E-state index >= 15 is 0 Å². The highest BCUT2D eigenvalue weighted by Crippen LogP contribution is 2.12. The van der Waals surface area contributed by atoms with E-state index in [0.717, 1.165) is 24.8 Å². The summed E-state index contributed by atoms with van der Waals surface area (Å²) in [7, 11) is 0. The molecule has 2 amide bonds. The maximum atomic E-state index is 11.8. The van der Waals surface area contributed by atoms with E-state index in [-0.39, 0.29) is 18.7 Å². The van der Waals surface area contributed by atoms with Crippen LogP contribution in [0.2, 0.25) is 0 Å². The van der Waals surface area contributed by atoms with Crippen LogP contribution in [0.5, 0.6) is 0 Å². The second-order valence-corrected chi connectivity index (χ2v) is 5.21. The first kappa shape index (κ1) is 16.5. The number of unbranched alkanes of at least 4 members (excludes halogenated alkanes) is 1. The van der Waals surface area contributed by atoms with Crippen LogP contribution in [0.1, 0.15) is 42.9 Å². The number of amides is 2. The van der Waals surface area contributed by atoms with E-state index in [1.54, 1.807) is 0 Å². The molecule has 0 spiro atoms. The molecule has 0 heterocycles. The molecule has 1 aromatic rings. The normalized spacial score (nSPS) is 12.0. The van der Waals surface area contributed by atoms with E-state index in [1.807, 2.05) is 12.1 Å². The lowest BCUT2D eigenvalue weighted by Gasteiger charge is -2.17. The van der Waals surface area contributed by atoms with Gasteiger partial charge in [0.1, 0.15) is 0 Å². The fourth-order valence-electron chi connectivity index (χ4n) is 2.07. The van der Waals surface area contributed by atoms with Crippen molar-refractivity contribution in [1.29, 1.82) is 0 Å². The molecule has 0 unspecified atom stereocenters. The van der Waals surface area contributed by atoms with Gasteiger partial charge in [0.2, 0.25) is 0 Å². The van der Waals surface area contributed by atoms with E-state index < -0.39 is 0 Å². The summed E-state index contributed by atoms with van der Waals surface area (Å²) in [4.78, 5) is 11.8. The summed E-state index contributed by atoms with van der Waals surface area (Å²) in [5.41, 5.74) is 3.55. The minimum absolute atomic E-state index is 0.0170. The third-order valence-corrected chi connectivity index (χ3v) is 3.62. The smallest absolute Gasteiger partial charge is 0.315 e. The molecule has 0 aromatic heterocycles. The standard InChI is InChI=1S/C16H26N2O2/c1-4-5-9-15(11-19)18-16(20)17-10-14-8-6-7-12(2)13(14)3/h6-8,15,19H,4-5,9-11H2,1-3H3,(H2,17,18,20)/t15-/m0/s1. The van der Waals surface area contributed by atoms with Gasteiger partial charge in [0.25, 0.3) is 0 Å². The molecule has 0 aliphatic heterocycles. The Kier molecular flexibility index (Phi) is 7.09. The molecular formula is C16H26N2O2. The molecule has 0 saturated heterocycles. The first-order valence-corrected chi connectivity index (χ1v) is 7.28. The third kappa shape index (κ3) is 5.21. The Morgan fingerprint density at radius 1 is 1.35 bits per heavy atom. The summed E-state index contributed by atoms with van der Waals surface area (Å²) in [6, 6.07) is 5.69. The van der Waals surface area contributed by atoms with Crippen molar-refractivity contribution in [2.75, 3.05) is 6.61 Å². The Bertz CT molecular complexity index is 432. The topological polar surface area (TPSA) is 61.4 Å². The number of carbonyl (C=O) groups is 1. The molecule has 0 radical (unpaired) electrons. The molecule has 1 atom stereocenters. The number of aliphatic hydroxyl groups excluding tert-OH is 1. The maximum Gasteiger partial charge on any atom is 0.315 e. The van der Waals surface area contributed by atoms with Gasteiger partial charge in [0.15, 0.2) is 0 Å². The van der Waals surface area contributed by atoms with Gasteiger partial charge in [-0.3, -0.25) is 0 Å². The number of benzene rings is 1. The molecule has 20 heavy (non-hydrogen) atoms. The molecule has 0 bridgehead atoms. The molecular weight excluding hydrogens is 252 g/mol. The van der Waals surface area contributed by atoms with Gasteiger partial charge in [-0.05, 0) is 37.0 Å². The lowest BCUT2D eigenvalue weighted by Crippen LogP contribution is -2.43. The maximum absolute atomic E-state index is 11.8. The van der Waals surface area contributed by atoms with Crippen molar-refractivity contribution in [1.82, 2.24) is 10.6 Å². The molecule has 0 aliphatic rings. The summed E-state index contributed by atoms with van der Waals surface area (Å²) in [6.07, 6.45) is 2.87. The second kappa shape index (κ2) is 8.59. The summed E-state index contributed by atoms with van der Waals surface area (Å²) >= 11 is 0. The Balaban J connectivity index is 2.44. The van der Waals surface area contributed by atoms with Crippen molar-refractivity contribution >= 4 is 6.03 Å². The monoisotopic (exact) mass is 278 g/mol. The van der Waals surface area contributed by atoms with Crippen LogP contribution in [-0.4, -0.2) is 23.8 Å². The zero-order valence-electron chi connectivity index (χ0n) is 12.7. The minimum atomic E-state index is -0.221. The van der Waals surface area contributed by atoms with Gasteiger partial charge in [0.05, 0.1) is 12.6 Å². The van der Waals surface area contributed by atoms with E-state index in [0.29, 0.717) is 6.54 Å². The Morgan fingerprint density at radius 2 is 2.10 bits per heavy atom. The van der Waals surface area contributed by atoms with Crippen LogP contribution in [0.15, 0.2) is 18.2 Å². The molecule has 4 heteroatoms. The summed E-state index contributed by atoms with van der Waals surface area (Å²) in [5.74, 6) is 0. The fraction of sp³-hybridized carbons (Fsp3) is 0.562. The van der Waals surface area contributed by atoms with Crippen molar-refractivity contribution in [2.45, 2.75) is 52.6 Å². The number of carbonyl (C=O) groups excluding carboxylic acids is 1. The molecule has 4 nitrogen and oxygen atoms in total. The van der Waals surface area contributed by atoms with Crippen molar-refractivity contribution in [3.63, 3.8) is 0 Å². The zero-order chi connectivity index (χ0) is 15.0. The molecule has 0 fully saturated rings. The van der Waals surface area contributed by atoms with Crippen LogP contribution >= 0.6 is 0 Å². The number of rotatable bonds is 7. The van der Waals surface area contributed by atoms with Gasteiger partial charge < -0.3 is 15.7 Å². The van der Waals surface area contributed by atoms with Gasteiger partial charge in [-0.1, -0.05) is 38.0 Å². The van der Waals surface area contributed by atoms with Crippen LogP contribution in [0.4, 0.5) is 4.79 Å². The number of nitrogens with one attached hydrogen (secondary N) is 2. The number of hydrogen-bond acceptors (Lipinski definition) is 2. The Labute approximate surface area is 121 Å². The molecule has 112 valence electrons. The molecule has 0 saturated carbocycles. The van der Waals surface area contributed by atoms with Crippen molar-refractivity contribution in [3.05, 3.63) is 34.9 Å².